The van der Waals surface area contributed by atoms with E-state index in [-0.39, 0.29) is 17.8 Å². The van der Waals surface area contributed by atoms with Gasteiger partial charge in [-0.25, -0.2) is 4.39 Å². The molecule has 3 heteroatoms. The average molecular weight is 202 g/mol. The van der Waals surface area contributed by atoms with E-state index in [2.05, 4.69) is 0 Å². The lowest BCUT2D eigenvalue weighted by atomic mass is 9.95. The third-order valence-corrected chi connectivity index (χ3v) is 2.57. The molecule has 2 unspecified atom stereocenters. The van der Waals surface area contributed by atoms with Gasteiger partial charge in [0.15, 0.2) is 0 Å². The van der Waals surface area contributed by atoms with Crippen LogP contribution in [0.4, 0.5) is 4.39 Å². The van der Waals surface area contributed by atoms with Crippen molar-refractivity contribution in [2.45, 2.75) is 25.8 Å². The second-order valence-electron chi connectivity index (χ2n) is 3.31. The molecule has 13 heavy (non-hydrogen) atoms. The maximum absolute atomic E-state index is 12.7. The topological polar surface area (TPSA) is 26.0 Å². The fourth-order valence-electron chi connectivity index (χ4n) is 1.15. The lowest BCUT2D eigenvalue weighted by Crippen LogP contribution is -2.22. The quantitative estimate of drug-likeness (QED) is 0.783. The van der Waals surface area contributed by atoms with E-state index in [0.29, 0.717) is 5.02 Å². The minimum absolute atomic E-state index is 0.0166. The highest BCUT2D eigenvalue weighted by molar-refractivity contribution is 6.31. The Morgan fingerprint density at radius 3 is 2.46 bits per heavy atom. The molecule has 0 spiro atoms. The maximum atomic E-state index is 12.7. The second kappa shape index (κ2) is 4.07. The molecule has 1 rings (SSSR count). The van der Waals surface area contributed by atoms with E-state index in [0.717, 1.165) is 5.56 Å². The number of rotatable bonds is 2. The molecule has 2 N–H and O–H groups in total. The first-order valence-electron chi connectivity index (χ1n) is 4.23. The molecular formula is C10H13ClFN. The zero-order valence-electron chi connectivity index (χ0n) is 7.72. The first kappa shape index (κ1) is 10.5. The second-order valence-corrected chi connectivity index (χ2v) is 3.72. The minimum atomic E-state index is -0.314. The molecule has 0 aliphatic rings. The van der Waals surface area contributed by atoms with Crippen LogP contribution in [0.5, 0.6) is 0 Å². The molecule has 72 valence electrons. The predicted molar refractivity (Wildman–Crippen MR) is 53.5 cm³/mol. The van der Waals surface area contributed by atoms with Crippen molar-refractivity contribution in [1.29, 1.82) is 0 Å². The van der Waals surface area contributed by atoms with E-state index in [1.165, 1.54) is 12.1 Å². The van der Waals surface area contributed by atoms with Crippen molar-refractivity contribution in [2.75, 3.05) is 0 Å². The summed E-state index contributed by atoms with van der Waals surface area (Å²) in [6, 6.07) is 4.42. The van der Waals surface area contributed by atoms with Crippen LogP contribution in [-0.2, 0) is 0 Å². The highest BCUT2D eigenvalue weighted by Crippen LogP contribution is 2.26. The van der Waals surface area contributed by atoms with Crippen molar-refractivity contribution < 1.29 is 4.39 Å². The highest BCUT2D eigenvalue weighted by atomic mass is 35.5. The van der Waals surface area contributed by atoms with Crippen molar-refractivity contribution >= 4 is 11.6 Å². The smallest absolute Gasteiger partial charge is 0.124 e. The summed E-state index contributed by atoms with van der Waals surface area (Å²) in [5.74, 6) is -0.168. The molecule has 0 aliphatic heterocycles. The highest BCUT2D eigenvalue weighted by Gasteiger charge is 2.13. The van der Waals surface area contributed by atoms with Crippen molar-refractivity contribution in [2.24, 2.45) is 5.73 Å². The average Bonchev–Trinajstić information content (AvgIpc) is 2.03. The molecular weight excluding hydrogens is 189 g/mol. The van der Waals surface area contributed by atoms with Gasteiger partial charge in [0.05, 0.1) is 0 Å². The molecule has 0 amide bonds. The van der Waals surface area contributed by atoms with Gasteiger partial charge < -0.3 is 5.73 Å². The summed E-state index contributed by atoms with van der Waals surface area (Å²) in [7, 11) is 0. The van der Waals surface area contributed by atoms with Crippen LogP contribution in [0.25, 0.3) is 0 Å². The first-order chi connectivity index (χ1) is 6.02. The number of hydrogen-bond acceptors (Lipinski definition) is 1. The van der Waals surface area contributed by atoms with Crippen molar-refractivity contribution in [1.82, 2.24) is 0 Å². The Morgan fingerprint density at radius 2 is 2.00 bits per heavy atom. The summed E-state index contributed by atoms with van der Waals surface area (Å²) in [6.07, 6.45) is 0. The molecule has 0 saturated carbocycles. The van der Waals surface area contributed by atoms with E-state index >= 15 is 0 Å². The fraction of sp³-hybridized carbons (Fsp3) is 0.400. The summed E-state index contributed by atoms with van der Waals surface area (Å²) in [5, 5.41) is 0.449. The largest absolute Gasteiger partial charge is 0.327 e. The standard InChI is InChI=1S/C10H13ClFN/c1-6(7(2)13)9-4-3-8(12)5-10(9)11/h3-7H,13H2,1-2H3. The van der Waals surface area contributed by atoms with Crippen LogP contribution in [-0.4, -0.2) is 6.04 Å². The lowest BCUT2D eigenvalue weighted by molar-refractivity contribution is 0.603. The van der Waals surface area contributed by atoms with Crippen LogP contribution in [0.15, 0.2) is 18.2 Å². The summed E-state index contributed by atoms with van der Waals surface area (Å²) in [6.45, 7) is 3.88. The number of nitrogens with two attached hydrogens (primary N) is 1. The summed E-state index contributed by atoms with van der Waals surface area (Å²) in [4.78, 5) is 0. The van der Waals surface area contributed by atoms with Gasteiger partial charge in [-0.2, -0.15) is 0 Å². The van der Waals surface area contributed by atoms with E-state index in [1.54, 1.807) is 6.07 Å². The molecule has 0 fully saturated rings. The molecule has 1 aromatic rings. The van der Waals surface area contributed by atoms with Gasteiger partial charge in [0.2, 0.25) is 0 Å². The zero-order valence-corrected chi connectivity index (χ0v) is 8.48. The Hall–Kier alpha value is -0.600. The van der Waals surface area contributed by atoms with Gasteiger partial charge in [-0.3, -0.25) is 0 Å². The van der Waals surface area contributed by atoms with Gasteiger partial charge in [-0.05, 0) is 30.5 Å². The molecule has 1 aromatic carbocycles. The van der Waals surface area contributed by atoms with Crippen LogP contribution in [0.2, 0.25) is 5.02 Å². The number of hydrogen-bond donors (Lipinski definition) is 1. The Morgan fingerprint density at radius 1 is 1.38 bits per heavy atom. The molecule has 0 aromatic heterocycles. The van der Waals surface area contributed by atoms with E-state index in [4.69, 9.17) is 17.3 Å². The molecule has 2 atom stereocenters. The Labute approximate surface area is 82.7 Å². The third kappa shape index (κ3) is 2.42. The Balaban J connectivity index is 3.01. The summed E-state index contributed by atoms with van der Waals surface area (Å²) < 4.78 is 12.7. The first-order valence-corrected chi connectivity index (χ1v) is 4.60. The molecule has 0 bridgehead atoms. The van der Waals surface area contributed by atoms with E-state index in [9.17, 15) is 4.39 Å². The van der Waals surface area contributed by atoms with Crippen molar-refractivity contribution in [3.63, 3.8) is 0 Å². The van der Waals surface area contributed by atoms with Crippen LogP contribution < -0.4 is 5.73 Å². The van der Waals surface area contributed by atoms with Gasteiger partial charge in [-0.15, -0.1) is 0 Å². The molecule has 0 saturated heterocycles. The lowest BCUT2D eigenvalue weighted by Gasteiger charge is -2.17. The van der Waals surface area contributed by atoms with Crippen LogP contribution >= 0.6 is 11.6 Å². The third-order valence-electron chi connectivity index (χ3n) is 2.24. The van der Waals surface area contributed by atoms with Crippen molar-refractivity contribution in [3.8, 4) is 0 Å². The van der Waals surface area contributed by atoms with E-state index < -0.39 is 0 Å². The van der Waals surface area contributed by atoms with E-state index in [1.807, 2.05) is 13.8 Å². The van der Waals surface area contributed by atoms with Crippen molar-refractivity contribution in [3.05, 3.63) is 34.6 Å². The molecule has 1 nitrogen and oxygen atoms in total. The van der Waals surface area contributed by atoms with Crippen LogP contribution in [0, 0.1) is 5.82 Å². The van der Waals surface area contributed by atoms with Crippen LogP contribution in [0.3, 0.4) is 0 Å². The number of halogens is 2. The number of benzene rings is 1. The fourth-order valence-corrected chi connectivity index (χ4v) is 1.49. The summed E-state index contributed by atoms with van der Waals surface area (Å²) in [5.41, 5.74) is 6.62. The molecule has 0 radical (unpaired) electrons. The SMILES string of the molecule is CC(N)C(C)c1ccc(F)cc1Cl. The minimum Gasteiger partial charge on any atom is -0.327 e. The Bertz CT molecular complexity index is 299. The van der Waals surface area contributed by atoms with Gasteiger partial charge in [0.1, 0.15) is 5.82 Å². The molecule has 0 heterocycles. The monoisotopic (exact) mass is 201 g/mol. The van der Waals surface area contributed by atoms with Gasteiger partial charge >= 0.3 is 0 Å². The Kier molecular flexibility index (Phi) is 3.28. The zero-order chi connectivity index (χ0) is 10.0. The summed E-state index contributed by atoms with van der Waals surface area (Å²) >= 11 is 5.87. The normalized spacial score (nSPS) is 15.5. The van der Waals surface area contributed by atoms with Gasteiger partial charge in [0.25, 0.3) is 0 Å². The predicted octanol–water partition coefficient (Wildman–Crippen LogP) is 2.93. The van der Waals surface area contributed by atoms with Gasteiger partial charge in [0, 0.05) is 11.1 Å². The van der Waals surface area contributed by atoms with Crippen LogP contribution in [0.1, 0.15) is 25.3 Å². The maximum Gasteiger partial charge on any atom is 0.124 e. The van der Waals surface area contributed by atoms with Gasteiger partial charge in [-0.1, -0.05) is 24.6 Å². The molecule has 0 aliphatic carbocycles.